The standard InChI is InChI=1S/C18H20FN3O2/c1-13-12-16(23)17(18(24)21-10-6-2-3-7-11-21)20-22(13)15-9-5-4-8-14(15)19/h4-5,8-9,12H,2-3,6-7,10-11H2,1H3. The summed E-state index contributed by atoms with van der Waals surface area (Å²) in [6, 6.07) is 7.50. The second kappa shape index (κ2) is 6.95. The molecule has 0 spiro atoms. The van der Waals surface area contributed by atoms with Gasteiger partial charge in [-0.1, -0.05) is 25.0 Å². The van der Waals surface area contributed by atoms with Crippen molar-refractivity contribution < 1.29 is 9.18 Å². The maximum Gasteiger partial charge on any atom is 0.278 e. The molecule has 0 unspecified atom stereocenters. The second-order valence-electron chi connectivity index (χ2n) is 6.07. The van der Waals surface area contributed by atoms with Gasteiger partial charge >= 0.3 is 0 Å². The number of carbonyl (C=O) groups excluding carboxylic acids is 1. The summed E-state index contributed by atoms with van der Waals surface area (Å²) in [7, 11) is 0. The fourth-order valence-corrected chi connectivity index (χ4v) is 2.99. The maximum atomic E-state index is 14.1. The maximum absolute atomic E-state index is 14.1. The Bertz CT molecular complexity index is 808. The van der Waals surface area contributed by atoms with Gasteiger partial charge in [0.1, 0.15) is 11.5 Å². The molecule has 1 fully saturated rings. The molecule has 126 valence electrons. The number of benzene rings is 1. The number of hydrogen-bond donors (Lipinski definition) is 0. The van der Waals surface area contributed by atoms with Crippen molar-refractivity contribution in [3.63, 3.8) is 0 Å². The van der Waals surface area contributed by atoms with Gasteiger partial charge in [-0.25, -0.2) is 9.07 Å². The molecule has 1 aromatic heterocycles. The van der Waals surface area contributed by atoms with Crippen molar-refractivity contribution in [3.05, 3.63) is 57.8 Å². The van der Waals surface area contributed by atoms with E-state index < -0.39 is 11.2 Å². The highest BCUT2D eigenvalue weighted by atomic mass is 19.1. The third kappa shape index (κ3) is 3.22. The summed E-state index contributed by atoms with van der Waals surface area (Å²) in [5.41, 5.74) is 0.137. The second-order valence-corrected chi connectivity index (χ2v) is 6.07. The molecule has 1 aliphatic rings. The van der Waals surface area contributed by atoms with Gasteiger partial charge in [0.2, 0.25) is 5.43 Å². The van der Waals surface area contributed by atoms with E-state index in [0.29, 0.717) is 18.8 Å². The van der Waals surface area contributed by atoms with E-state index in [2.05, 4.69) is 5.10 Å². The van der Waals surface area contributed by atoms with E-state index in [1.165, 1.54) is 16.8 Å². The smallest absolute Gasteiger partial charge is 0.278 e. The SMILES string of the molecule is Cc1cc(=O)c(C(=O)N2CCCCCC2)nn1-c1ccccc1F. The van der Waals surface area contributed by atoms with Crippen LogP contribution in [0.2, 0.25) is 0 Å². The first-order valence-corrected chi connectivity index (χ1v) is 8.23. The third-order valence-corrected chi connectivity index (χ3v) is 4.28. The number of rotatable bonds is 2. The van der Waals surface area contributed by atoms with Gasteiger partial charge in [0.25, 0.3) is 5.91 Å². The van der Waals surface area contributed by atoms with Crippen LogP contribution in [0.5, 0.6) is 0 Å². The molecule has 0 N–H and O–H groups in total. The number of aromatic nitrogens is 2. The summed E-state index contributed by atoms with van der Waals surface area (Å²) in [6.45, 7) is 2.93. The van der Waals surface area contributed by atoms with Gasteiger partial charge in [-0.2, -0.15) is 5.10 Å². The molecule has 1 aliphatic heterocycles. The van der Waals surface area contributed by atoms with Crippen LogP contribution >= 0.6 is 0 Å². The predicted molar refractivity (Wildman–Crippen MR) is 88.9 cm³/mol. The summed E-state index contributed by atoms with van der Waals surface area (Å²) < 4.78 is 15.4. The van der Waals surface area contributed by atoms with Crippen molar-refractivity contribution in [2.24, 2.45) is 0 Å². The van der Waals surface area contributed by atoms with E-state index in [0.717, 1.165) is 25.7 Å². The van der Waals surface area contributed by atoms with Crippen molar-refractivity contribution in [1.29, 1.82) is 0 Å². The Kier molecular flexibility index (Phi) is 4.74. The summed E-state index contributed by atoms with van der Waals surface area (Å²) in [5, 5.41) is 4.18. The summed E-state index contributed by atoms with van der Waals surface area (Å²) in [6.07, 6.45) is 4.04. The number of likely N-dealkylation sites (tertiary alicyclic amines) is 1. The normalized spacial score (nSPS) is 15.2. The van der Waals surface area contributed by atoms with Gasteiger partial charge in [0.15, 0.2) is 5.69 Å². The first-order chi connectivity index (χ1) is 11.6. The minimum atomic E-state index is -0.454. The Hall–Kier alpha value is -2.50. The number of halogens is 1. The molecule has 24 heavy (non-hydrogen) atoms. The molecule has 1 amide bonds. The van der Waals surface area contributed by atoms with Gasteiger partial charge in [-0.3, -0.25) is 9.59 Å². The molecule has 1 aromatic carbocycles. The quantitative estimate of drug-likeness (QED) is 0.851. The summed E-state index contributed by atoms with van der Waals surface area (Å²) >= 11 is 0. The molecule has 0 bridgehead atoms. The minimum Gasteiger partial charge on any atom is -0.337 e. The van der Waals surface area contributed by atoms with E-state index in [9.17, 15) is 14.0 Å². The highest BCUT2D eigenvalue weighted by Gasteiger charge is 2.22. The monoisotopic (exact) mass is 329 g/mol. The zero-order chi connectivity index (χ0) is 17.1. The zero-order valence-electron chi connectivity index (χ0n) is 13.7. The van der Waals surface area contributed by atoms with E-state index >= 15 is 0 Å². The Balaban J connectivity index is 2.03. The van der Waals surface area contributed by atoms with E-state index in [1.807, 2.05) is 0 Å². The Labute approximate surface area is 139 Å². The molecule has 0 aliphatic carbocycles. The lowest BCUT2D eigenvalue weighted by Gasteiger charge is -2.20. The number of amides is 1. The molecule has 0 atom stereocenters. The molecule has 5 nitrogen and oxygen atoms in total. The van der Waals surface area contributed by atoms with Gasteiger partial charge in [-0.05, 0) is 31.9 Å². The van der Waals surface area contributed by atoms with Crippen LogP contribution in [0.25, 0.3) is 5.69 Å². The van der Waals surface area contributed by atoms with Crippen LogP contribution in [-0.4, -0.2) is 33.7 Å². The molecule has 1 saturated heterocycles. The van der Waals surface area contributed by atoms with Crippen LogP contribution in [0.3, 0.4) is 0 Å². The van der Waals surface area contributed by atoms with Crippen molar-refractivity contribution in [2.75, 3.05) is 13.1 Å². The van der Waals surface area contributed by atoms with Crippen molar-refractivity contribution in [1.82, 2.24) is 14.7 Å². The highest BCUT2D eigenvalue weighted by molar-refractivity contribution is 5.92. The minimum absolute atomic E-state index is 0.147. The summed E-state index contributed by atoms with van der Waals surface area (Å²) in [5.74, 6) is -0.822. The van der Waals surface area contributed by atoms with Gasteiger partial charge in [0.05, 0.1) is 0 Å². The zero-order valence-corrected chi connectivity index (χ0v) is 13.7. The third-order valence-electron chi connectivity index (χ3n) is 4.28. The Morgan fingerprint density at radius 2 is 1.79 bits per heavy atom. The summed E-state index contributed by atoms with van der Waals surface area (Å²) in [4.78, 5) is 26.6. The number of carbonyl (C=O) groups is 1. The molecular weight excluding hydrogens is 309 g/mol. The number of aryl methyl sites for hydroxylation is 1. The van der Waals surface area contributed by atoms with Gasteiger partial charge < -0.3 is 4.90 Å². The molecule has 2 aromatic rings. The lowest BCUT2D eigenvalue weighted by atomic mass is 10.2. The molecule has 2 heterocycles. The first kappa shape index (κ1) is 16.4. The number of para-hydroxylation sites is 1. The molecule has 3 rings (SSSR count). The van der Waals surface area contributed by atoms with Crippen LogP contribution < -0.4 is 5.43 Å². The fourth-order valence-electron chi connectivity index (χ4n) is 2.99. The van der Waals surface area contributed by atoms with Crippen LogP contribution in [0, 0.1) is 12.7 Å². The Morgan fingerprint density at radius 3 is 2.46 bits per heavy atom. The van der Waals surface area contributed by atoms with Crippen LogP contribution in [0.4, 0.5) is 4.39 Å². The first-order valence-electron chi connectivity index (χ1n) is 8.23. The van der Waals surface area contributed by atoms with Crippen LogP contribution in [0.1, 0.15) is 41.9 Å². The molecule has 0 radical (unpaired) electrons. The van der Waals surface area contributed by atoms with E-state index in [1.54, 1.807) is 30.0 Å². The lowest BCUT2D eigenvalue weighted by Crippen LogP contribution is -2.37. The average Bonchev–Trinajstić information content (AvgIpc) is 2.85. The average molecular weight is 329 g/mol. The van der Waals surface area contributed by atoms with Crippen LogP contribution in [0.15, 0.2) is 35.1 Å². The van der Waals surface area contributed by atoms with Gasteiger partial charge in [-0.15, -0.1) is 0 Å². The molecule has 6 heteroatoms. The highest BCUT2D eigenvalue weighted by Crippen LogP contribution is 2.15. The van der Waals surface area contributed by atoms with E-state index in [4.69, 9.17) is 0 Å². The van der Waals surface area contributed by atoms with Crippen molar-refractivity contribution in [2.45, 2.75) is 32.6 Å². The van der Waals surface area contributed by atoms with Crippen molar-refractivity contribution in [3.8, 4) is 5.69 Å². The van der Waals surface area contributed by atoms with Crippen molar-refractivity contribution >= 4 is 5.91 Å². The number of hydrogen-bond acceptors (Lipinski definition) is 3. The van der Waals surface area contributed by atoms with Crippen LogP contribution in [-0.2, 0) is 0 Å². The van der Waals surface area contributed by atoms with E-state index in [-0.39, 0.29) is 17.3 Å². The fraction of sp³-hybridized carbons (Fsp3) is 0.389. The topological polar surface area (TPSA) is 55.2 Å². The number of nitrogens with zero attached hydrogens (tertiary/aromatic N) is 3. The lowest BCUT2D eigenvalue weighted by molar-refractivity contribution is 0.0752. The Morgan fingerprint density at radius 1 is 1.12 bits per heavy atom. The largest absolute Gasteiger partial charge is 0.337 e. The predicted octanol–water partition coefficient (Wildman–Crippen LogP) is 2.70. The van der Waals surface area contributed by atoms with Gasteiger partial charge in [0, 0.05) is 24.8 Å². The molecule has 0 saturated carbocycles. The molecular formula is C18H20FN3O2.